The second kappa shape index (κ2) is 13.3. The van der Waals surface area contributed by atoms with Crippen molar-refractivity contribution in [3.63, 3.8) is 0 Å². The standard InChI is InChI=1S/C28H38FN5O6S/c1-32(2)41(37,38)31-17-5-4-9-24(25(35)26-33(40-26)20-22-8-6-16-30-19-22)34(27(36)39-3)28(14-7-15-28)18-21-10-12-23(29)13-11-21/h6,8,10-13,16,19,24,26,31H,4-5,7,9,14-15,17-18,20H2,1-3H3/t24-,26?,33?/m0/s1. The minimum Gasteiger partial charge on any atom is -0.453 e. The Morgan fingerprint density at radius 1 is 1.20 bits per heavy atom. The maximum absolute atomic E-state index is 14.0. The average molecular weight is 592 g/mol. The molecule has 2 unspecified atom stereocenters. The third-order valence-corrected chi connectivity index (χ3v) is 9.21. The van der Waals surface area contributed by atoms with Crippen molar-refractivity contribution >= 4 is 22.1 Å². The molecular weight excluding hydrogens is 553 g/mol. The highest BCUT2D eigenvalue weighted by molar-refractivity contribution is 7.87. The molecule has 1 saturated heterocycles. The van der Waals surface area contributed by atoms with Gasteiger partial charge in [-0.2, -0.15) is 12.7 Å². The molecule has 3 atom stereocenters. The van der Waals surface area contributed by atoms with Crippen molar-refractivity contribution in [3.8, 4) is 0 Å². The van der Waals surface area contributed by atoms with E-state index in [2.05, 4.69) is 9.71 Å². The SMILES string of the molecule is COC(=O)N([C@@H](CCCCNS(=O)(=O)N(C)C)C(=O)C1ON1Cc1cccnc1)C1(Cc2ccc(F)cc2)CCC1. The summed E-state index contributed by atoms with van der Waals surface area (Å²) in [5, 5.41) is 1.56. The molecule has 2 heterocycles. The molecule has 1 aliphatic carbocycles. The first-order valence-corrected chi connectivity index (χ1v) is 15.2. The number of benzene rings is 1. The molecule has 1 aromatic heterocycles. The number of halogens is 1. The maximum Gasteiger partial charge on any atom is 0.410 e. The third-order valence-electron chi connectivity index (χ3n) is 7.68. The molecular formula is C28H38FN5O6S. The molecule has 224 valence electrons. The smallest absolute Gasteiger partial charge is 0.410 e. The zero-order chi connectivity index (χ0) is 29.6. The fraction of sp³-hybridized carbons (Fsp3) is 0.536. The van der Waals surface area contributed by atoms with Crippen molar-refractivity contribution < 1.29 is 32.0 Å². The molecule has 11 nitrogen and oxygen atoms in total. The van der Waals surface area contributed by atoms with E-state index in [-0.39, 0.29) is 18.1 Å². The van der Waals surface area contributed by atoms with Crippen molar-refractivity contribution in [1.29, 1.82) is 0 Å². The lowest BCUT2D eigenvalue weighted by Gasteiger charge is -2.52. The van der Waals surface area contributed by atoms with Crippen molar-refractivity contribution in [2.24, 2.45) is 0 Å². The quantitative estimate of drug-likeness (QED) is 0.248. The summed E-state index contributed by atoms with van der Waals surface area (Å²) in [5.74, 6) is -0.614. The van der Waals surface area contributed by atoms with Crippen molar-refractivity contribution in [2.45, 2.75) is 69.3 Å². The molecule has 13 heteroatoms. The molecule has 4 rings (SSSR count). The van der Waals surface area contributed by atoms with Crippen LogP contribution in [0, 0.1) is 5.82 Å². The largest absolute Gasteiger partial charge is 0.453 e. The number of amides is 1. The zero-order valence-electron chi connectivity index (χ0n) is 23.7. The summed E-state index contributed by atoms with van der Waals surface area (Å²) < 4.78 is 46.6. The highest BCUT2D eigenvalue weighted by Crippen LogP contribution is 2.44. The number of hydrogen-bond donors (Lipinski definition) is 1. The van der Waals surface area contributed by atoms with Crippen LogP contribution >= 0.6 is 0 Å². The number of methoxy groups -OCH3 is 1. The minimum absolute atomic E-state index is 0.188. The highest BCUT2D eigenvalue weighted by Gasteiger charge is 2.54. The number of ether oxygens (including phenoxy) is 1. The van der Waals surface area contributed by atoms with Crippen LogP contribution in [0.5, 0.6) is 0 Å². The zero-order valence-corrected chi connectivity index (χ0v) is 24.5. The van der Waals surface area contributed by atoms with Gasteiger partial charge in [0.25, 0.3) is 10.2 Å². The number of ketones is 1. The Morgan fingerprint density at radius 2 is 1.93 bits per heavy atom. The summed E-state index contributed by atoms with van der Waals surface area (Å²) in [7, 11) is 0.603. The molecule has 1 N–H and O–H groups in total. The molecule has 2 fully saturated rings. The van der Waals surface area contributed by atoms with E-state index in [1.54, 1.807) is 40.6 Å². The van der Waals surface area contributed by atoms with Crippen LogP contribution < -0.4 is 4.72 Å². The molecule has 41 heavy (non-hydrogen) atoms. The van der Waals surface area contributed by atoms with Crippen LogP contribution in [0.25, 0.3) is 0 Å². The van der Waals surface area contributed by atoms with E-state index in [0.29, 0.717) is 45.1 Å². The minimum atomic E-state index is -3.57. The van der Waals surface area contributed by atoms with Crippen LogP contribution in [-0.4, -0.2) is 85.1 Å². The van der Waals surface area contributed by atoms with Gasteiger partial charge in [-0.15, -0.1) is 5.06 Å². The van der Waals surface area contributed by atoms with Crippen LogP contribution in [0.4, 0.5) is 9.18 Å². The Kier molecular flexibility index (Phi) is 10.1. The Hall–Kier alpha value is -2.97. The number of pyridine rings is 1. The van der Waals surface area contributed by atoms with Gasteiger partial charge in [-0.3, -0.25) is 19.5 Å². The number of nitrogens with one attached hydrogen (secondary N) is 1. The van der Waals surface area contributed by atoms with Crippen LogP contribution in [-0.2, 0) is 37.5 Å². The van der Waals surface area contributed by atoms with Crippen molar-refractivity contribution in [1.82, 2.24) is 24.0 Å². The number of carbonyl (C=O) groups is 2. The molecule has 1 amide bonds. The molecule has 0 spiro atoms. The predicted octanol–water partition coefficient (Wildman–Crippen LogP) is 3.03. The van der Waals surface area contributed by atoms with Gasteiger partial charge in [-0.05, 0) is 74.3 Å². The van der Waals surface area contributed by atoms with Gasteiger partial charge in [0.1, 0.15) is 5.82 Å². The van der Waals surface area contributed by atoms with Gasteiger partial charge in [0, 0.05) is 33.0 Å². The molecule has 0 bridgehead atoms. The molecule has 2 aliphatic rings. The first kappa shape index (κ1) is 31.0. The van der Waals surface area contributed by atoms with Gasteiger partial charge in [0.15, 0.2) is 0 Å². The van der Waals surface area contributed by atoms with Crippen LogP contribution in [0.15, 0.2) is 48.8 Å². The van der Waals surface area contributed by atoms with Gasteiger partial charge in [-0.1, -0.05) is 18.2 Å². The third kappa shape index (κ3) is 7.66. The highest BCUT2D eigenvalue weighted by atomic mass is 32.2. The average Bonchev–Trinajstić information content (AvgIpc) is 3.70. The monoisotopic (exact) mass is 591 g/mol. The lowest BCUT2D eigenvalue weighted by molar-refractivity contribution is -0.129. The van der Waals surface area contributed by atoms with Crippen molar-refractivity contribution in [2.75, 3.05) is 27.7 Å². The second-order valence-electron chi connectivity index (χ2n) is 10.7. The van der Waals surface area contributed by atoms with Gasteiger partial charge < -0.3 is 4.74 Å². The van der Waals surface area contributed by atoms with Gasteiger partial charge in [0.2, 0.25) is 12.0 Å². The number of carbonyl (C=O) groups excluding carboxylic acids is 2. The Balaban J connectivity index is 1.54. The van der Waals surface area contributed by atoms with E-state index in [1.807, 2.05) is 6.07 Å². The van der Waals surface area contributed by atoms with E-state index in [0.717, 1.165) is 21.9 Å². The number of aromatic nitrogens is 1. The summed E-state index contributed by atoms with van der Waals surface area (Å²) in [6, 6.07) is 8.98. The number of hydroxylamine groups is 2. The summed E-state index contributed by atoms with van der Waals surface area (Å²) in [4.78, 5) is 38.7. The van der Waals surface area contributed by atoms with Crippen LogP contribution in [0.2, 0.25) is 0 Å². The number of nitrogens with zero attached hydrogens (tertiary/aromatic N) is 4. The molecule has 2 aromatic rings. The number of Topliss-reactive ketones (excluding diaryl/α,β-unsaturated/α-hetero) is 1. The molecule has 1 saturated carbocycles. The fourth-order valence-corrected chi connectivity index (χ4v) is 5.92. The number of rotatable bonds is 15. The van der Waals surface area contributed by atoms with Crippen LogP contribution in [0.3, 0.4) is 0 Å². The Labute approximate surface area is 240 Å². The normalized spacial score (nSPS) is 20.2. The van der Waals surface area contributed by atoms with Gasteiger partial charge in [-0.25, -0.2) is 13.9 Å². The second-order valence-corrected chi connectivity index (χ2v) is 12.7. The maximum atomic E-state index is 14.0. The topological polar surface area (TPSA) is 124 Å². The summed E-state index contributed by atoms with van der Waals surface area (Å²) in [5.41, 5.74) is 1.05. The first-order valence-electron chi connectivity index (χ1n) is 13.7. The van der Waals surface area contributed by atoms with Crippen LogP contribution in [0.1, 0.15) is 49.7 Å². The fourth-order valence-electron chi connectivity index (χ4n) is 5.26. The number of unbranched alkanes of at least 4 members (excludes halogenated alkanes) is 1. The van der Waals surface area contributed by atoms with Crippen molar-refractivity contribution in [3.05, 3.63) is 65.7 Å². The Morgan fingerprint density at radius 3 is 2.51 bits per heavy atom. The van der Waals surface area contributed by atoms with E-state index in [9.17, 15) is 22.4 Å². The van der Waals surface area contributed by atoms with Gasteiger partial charge >= 0.3 is 6.09 Å². The number of hydrogen-bond acceptors (Lipinski definition) is 8. The molecule has 1 aromatic carbocycles. The van der Waals surface area contributed by atoms with E-state index < -0.39 is 34.1 Å². The first-order chi connectivity index (χ1) is 19.6. The summed E-state index contributed by atoms with van der Waals surface area (Å²) in [6.07, 6.45) is 5.79. The predicted molar refractivity (Wildman–Crippen MR) is 149 cm³/mol. The van der Waals surface area contributed by atoms with E-state index in [4.69, 9.17) is 9.57 Å². The van der Waals surface area contributed by atoms with Gasteiger partial charge in [0.05, 0.1) is 25.2 Å². The lowest BCUT2D eigenvalue weighted by Crippen LogP contribution is -2.63. The van der Waals surface area contributed by atoms with E-state index >= 15 is 0 Å². The van der Waals surface area contributed by atoms with E-state index in [1.165, 1.54) is 33.3 Å². The lowest BCUT2D eigenvalue weighted by atomic mass is 9.70. The summed E-state index contributed by atoms with van der Waals surface area (Å²) >= 11 is 0. The Bertz CT molecular complexity index is 1290. The summed E-state index contributed by atoms with van der Waals surface area (Å²) in [6.45, 7) is 0.551. The molecule has 0 radical (unpaired) electrons. The molecule has 1 aliphatic heterocycles.